The maximum Gasteiger partial charge on any atom is 0.312 e. The molecule has 0 spiro atoms. The maximum absolute atomic E-state index is 11.9. The number of carbonyl (C=O) groups is 2. The molecule has 1 saturated heterocycles. The Bertz CT molecular complexity index is 487. The standard InChI is InChI=1S/C15H20N2O2S/c1-3-16-8-9-17(15(19)14(16)18)10-11-20-13-6-4-12(2)5-7-13/h4-7H,3,8-11H2,1-2H3. The van der Waals surface area contributed by atoms with E-state index in [4.69, 9.17) is 0 Å². The van der Waals surface area contributed by atoms with E-state index >= 15 is 0 Å². The van der Waals surface area contributed by atoms with Crippen LogP contribution >= 0.6 is 11.8 Å². The van der Waals surface area contributed by atoms with Crippen molar-refractivity contribution >= 4 is 23.6 Å². The molecular weight excluding hydrogens is 272 g/mol. The van der Waals surface area contributed by atoms with Crippen molar-refractivity contribution in [2.24, 2.45) is 0 Å². The first-order valence-corrected chi connectivity index (χ1v) is 7.88. The predicted molar refractivity (Wildman–Crippen MR) is 80.7 cm³/mol. The van der Waals surface area contributed by atoms with Gasteiger partial charge in [-0.05, 0) is 26.0 Å². The Morgan fingerprint density at radius 2 is 1.65 bits per heavy atom. The summed E-state index contributed by atoms with van der Waals surface area (Å²) in [4.78, 5) is 28.1. The summed E-state index contributed by atoms with van der Waals surface area (Å²) in [6.07, 6.45) is 0. The second kappa shape index (κ2) is 6.79. The molecule has 1 aromatic carbocycles. The number of likely N-dealkylation sites (N-methyl/N-ethyl adjacent to an activating group) is 1. The average molecular weight is 292 g/mol. The molecule has 2 amide bonds. The number of piperazine rings is 1. The highest BCUT2D eigenvalue weighted by atomic mass is 32.2. The third kappa shape index (κ3) is 3.54. The Balaban J connectivity index is 1.81. The summed E-state index contributed by atoms with van der Waals surface area (Å²) >= 11 is 1.71. The highest BCUT2D eigenvalue weighted by Crippen LogP contribution is 2.18. The molecule has 0 unspecified atom stereocenters. The zero-order valence-electron chi connectivity index (χ0n) is 12.0. The van der Waals surface area contributed by atoms with Gasteiger partial charge in [0, 0.05) is 36.8 Å². The number of aryl methyl sites for hydroxylation is 1. The van der Waals surface area contributed by atoms with E-state index in [2.05, 4.69) is 31.2 Å². The van der Waals surface area contributed by atoms with Crippen molar-refractivity contribution in [1.29, 1.82) is 0 Å². The van der Waals surface area contributed by atoms with Crippen LogP contribution in [0.3, 0.4) is 0 Å². The Kier molecular flexibility index (Phi) is 5.06. The topological polar surface area (TPSA) is 40.6 Å². The molecular formula is C15H20N2O2S. The number of nitrogens with zero attached hydrogens (tertiary/aromatic N) is 2. The fraction of sp³-hybridized carbons (Fsp3) is 0.467. The van der Waals surface area contributed by atoms with E-state index in [1.807, 2.05) is 6.92 Å². The fourth-order valence-electron chi connectivity index (χ4n) is 2.14. The number of rotatable bonds is 5. The maximum atomic E-state index is 11.9. The Morgan fingerprint density at radius 3 is 2.30 bits per heavy atom. The van der Waals surface area contributed by atoms with Crippen molar-refractivity contribution in [2.75, 3.05) is 31.9 Å². The second-order valence-corrected chi connectivity index (χ2v) is 6.01. The van der Waals surface area contributed by atoms with Crippen LogP contribution in [0.25, 0.3) is 0 Å². The Hall–Kier alpha value is -1.49. The molecule has 1 aliphatic heterocycles. The molecule has 108 valence electrons. The number of amides is 2. The number of hydrogen-bond acceptors (Lipinski definition) is 3. The summed E-state index contributed by atoms with van der Waals surface area (Å²) in [5.41, 5.74) is 1.24. The van der Waals surface area contributed by atoms with Gasteiger partial charge in [-0.3, -0.25) is 9.59 Å². The van der Waals surface area contributed by atoms with Gasteiger partial charge in [-0.1, -0.05) is 17.7 Å². The summed E-state index contributed by atoms with van der Waals surface area (Å²) in [7, 11) is 0. The summed E-state index contributed by atoms with van der Waals surface area (Å²) in [6.45, 7) is 6.49. The molecule has 0 radical (unpaired) electrons. The molecule has 1 heterocycles. The minimum Gasteiger partial charge on any atom is -0.333 e. The molecule has 1 aromatic rings. The third-order valence-corrected chi connectivity index (χ3v) is 4.42. The van der Waals surface area contributed by atoms with E-state index in [0.29, 0.717) is 26.2 Å². The first-order chi connectivity index (χ1) is 9.61. The summed E-state index contributed by atoms with van der Waals surface area (Å²) in [6, 6.07) is 8.33. The van der Waals surface area contributed by atoms with Crippen LogP contribution < -0.4 is 0 Å². The Labute approximate surface area is 124 Å². The predicted octanol–water partition coefficient (Wildman–Crippen LogP) is 1.78. The van der Waals surface area contributed by atoms with Gasteiger partial charge in [-0.2, -0.15) is 0 Å². The van der Waals surface area contributed by atoms with Crippen molar-refractivity contribution < 1.29 is 9.59 Å². The van der Waals surface area contributed by atoms with Crippen LogP contribution in [0, 0.1) is 6.92 Å². The number of benzene rings is 1. The molecule has 5 heteroatoms. The molecule has 0 atom stereocenters. The molecule has 0 aliphatic carbocycles. The normalized spacial score (nSPS) is 15.9. The van der Waals surface area contributed by atoms with E-state index < -0.39 is 0 Å². The molecule has 20 heavy (non-hydrogen) atoms. The molecule has 0 N–H and O–H groups in total. The van der Waals surface area contributed by atoms with Gasteiger partial charge in [0.2, 0.25) is 0 Å². The first-order valence-electron chi connectivity index (χ1n) is 6.89. The van der Waals surface area contributed by atoms with Gasteiger partial charge >= 0.3 is 11.8 Å². The molecule has 2 rings (SSSR count). The molecule has 4 nitrogen and oxygen atoms in total. The van der Waals surface area contributed by atoms with Gasteiger partial charge < -0.3 is 9.80 Å². The van der Waals surface area contributed by atoms with Crippen LogP contribution in [-0.2, 0) is 9.59 Å². The van der Waals surface area contributed by atoms with Gasteiger partial charge in [0.15, 0.2) is 0 Å². The molecule has 1 aliphatic rings. The zero-order chi connectivity index (χ0) is 14.5. The van der Waals surface area contributed by atoms with Crippen molar-refractivity contribution in [3.63, 3.8) is 0 Å². The number of thioether (sulfide) groups is 1. The van der Waals surface area contributed by atoms with Gasteiger partial charge in [0.05, 0.1) is 0 Å². The van der Waals surface area contributed by atoms with Gasteiger partial charge in [-0.15, -0.1) is 11.8 Å². The van der Waals surface area contributed by atoms with Crippen LogP contribution in [0.5, 0.6) is 0 Å². The van der Waals surface area contributed by atoms with Crippen LogP contribution in [-0.4, -0.2) is 53.5 Å². The third-order valence-electron chi connectivity index (χ3n) is 3.43. The lowest BCUT2D eigenvalue weighted by Gasteiger charge is -2.33. The molecule has 0 aromatic heterocycles. The largest absolute Gasteiger partial charge is 0.333 e. The fourth-order valence-corrected chi connectivity index (χ4v) is 3.01. The highest BCUT2D eigenvalue weighted by Gasteiger charge is 2.30. The van der Waals surface area contributed by atoms with E-state index in [1.165, 1.54) is 10.5 Å². The van der Waals surface area contributed by atoms with Gasteiger partial charge in [0.1, 0.15) is 0 Å². The van der Waals surface area contributed by atoms with Crippen molar-refractivity contribution in [3.05, 3.63) is 29.8 Å². The lowest BCUT2D eigenvalue weighted by atomic mass is 10.2. The summed E-state index contributed by atoms with van der Waals surface area (Å²) in [5, 5.41) is 0. The lowest BCUT2D eigenvalue weighted by molar-refractivity contribution is -0.155. The van der Waals surface area contributed by atoms with E-state index in [0.717, 1.165) is 5.75 Å². The van der Waals surface area contributed by atoms with Crippen LogP contribution in [0.15, 0.2) is 29.2 Å². The Morgan fingerprint density at radius 1 is 1.05 bits per heavy atom. The minimum absolute atomic E-state index is 0.359. The summed E-state index contributed by atoms with van der Waals surface area (Å²) < 4.78 is 0. The zero-order valence-corrected chi connectivity index (χ0v) is 12.8. The number of carbonyl (C=O) groups excluding carboxylic acids is 2. The van der Waals surface area contributed by atoms with Crippen molar-refractivity contribution in [1.82, 2.24) is 9.80 Å². The quantitative estimate of drug-likeness (QED) is 0.613. The van der Waals surface area contributed by atoms with E-state index in [-0.39, 0.29) is 11.8 Å². The molecule has 1 fully saturated rings. The SMILES string of the molecule is CCN1CCN(CCSc2ccc(C)cc2)C(=O)C1=O. The van der Waals surface area contributed by atoms with Crippen molar-refractivity contribution in [2.45, 2.75) is 18.7 Å². The number of hydrogen-bond donors (Lipinski definition) is 0. The van der Waals surface area contributed by atoms with Crippen LogP contribution in [0.2, 0.25) is 0 Å². The van der Waals surface area contributed by atoms with Gasteiger partial charge in [-0.25, -0.2) is 0 Å². The van der Waals surface area contributed by atoms with Crippen LogP contribution in [0.4, 0.5) is 0 Å². The van der Waals surface area contributed by atoms with E-state index in [1.54, 1.807) is 21.6 Å². The summed E-state index contributed by atoms with van der Waals surface area (Å²) in [5.74, 6) is 0.0930. The molecule has 0 bridgehead atoms. The van der Waals surface area contributed by atoms with Gasteiger partial charge in [0.25, 0.3) is 0 Å². The highest BCUT2D eigenvalue weighted by molar-refractivity contribution is 7.99. The van der Waals surface area contributed by atoms with Crippen molar-refractivity contribution in [3.8, 4) is 0 Å². The monoisotopic (exact) mass is 292 g/mol. The van der Waals surface area contributed by atoms with E-state index in [9.17, 15) is 9.59 Å². The smallest absolute Gasteiger partial charge is 0.312 e. The van der Waals surface area contributed by atoms with Crippen LogP contribution in [0.1, 0.15) is 12.5 Å². The minimum atomic E-state index is -0.362. The second-order valence-electron chi connectivity index (χ2n) is 4.84. The molecule has 0 saturated carbocycles. The first kappa shape index (κ1) is 14.9. The average Bonchev–Trinajstić information content (AvgIpc) is 2.46. The lowest BCUT2D eigenvalue weighted by Crippen LogP contribution is -2.54.